The maximum absolute atomic E-state index is 4.00. The highest BCUT2D eigenvalue weighted by molar-refractivity contribution is 5.76. The van der Waals surface area contributed by atoms with Crippen LogP contribution >= 0.6 is 0 Å². The number of nitrogens with zero attached hydrogens (tertiary/aromatic N) is 2. The lowest BCUT2D eigenvalue weighted by Crippen LogP contribution is -1.72. The average molecular weight is 120 g/mol. The van der Waals surface area contributed by atoms with Crippen LogP contribution in [-0.2, 0) is 0 Å². The molecular weight excluding hydrogens is 114 g/mol. The van der Waals surface area contributed by atoms with Crippen LogP contribution in [0.3, 0.4) is 0 Å². The van der Waals surface area contributed by atoms with Crippen molar-refractivity contribution in [2.45, 2.75) is 0 Å². The van der Waals surface area contributed by atoms with Crippen LogP contribution in [0, 0.1) is 0 Å². The topological polar surface area (TPSA) is 41.6 Å². The first kappa shape index (κ1) is 4.49. The third-order valence-corrected chi connectivity index (χ3v) is 1.23. The first-order chi connectivity index (χ1) is 4.47. The fraction of sp³-hybridized carbons (Fsp3) is 0. The summed E-state index contributed by atoms with van der Waals surface area (Å²) in [6.45, 7) is 0. The Kier molecular flexibility index (Phi) is 0.773. The van der Waals surface area contributed by atoms with Crippen molar-refractivity contribution in [1.29, 1.82) is 0 Å². The highest BCUT2D eigenvalue weighted by atomic mass is 14.8. The van der Waals surface area contributed by atoms with E-state index in [0.717, 1.165) is 10.9 Å². The number of hydrogen-bond acceptors (Lipinski definition) is 2. The summed E-state index contributed by atoms with van der Waals surface area (Å²) < 4.78 is 0. The zero-order chi connectivity index (χ0) is 6.10. The molecule has 44 valence electrons. The highest BCUT2D eigenvalue weighted by Gasteiger charge is 1.89. The molecule has 9 heavy (non-hydrogen) atoms. The number of rotatable bonds is 0. The molecule has 0 radical (unpaired) electrons. The molecule has 0 aromatic carbocycles. The van der Waals surface area contributed by atoms with Gasteiger partial charge in [-0.15, -0.1) is 0 Å². The summed E-state index contributed by atoms with van der Waals surface area (Å²) in [4.78, 5) is 10.8. The lowest BCUT2D eigenvalue weighted by molar-refractivity contribution is 1.23. The molecule has 0 spiro atoms. The lowest BCUT2D eigenvalue weighted by Gasteiger charge is -1.80. The van der Waals surface area contributed by atoms with Crippen molar-refractivity contribution in [3.63, 3.8) is 0 Å². The zero-order valence-electron chi connectivity index (χ0n) is 5.70. The minimum atomic E-state index is 0. The highest BCUT2D eigenvalue weighted by Crippen LogP contribution is 2.04. The van der Waals surface area contributed by atoms with Gasteiger partial charge in [0, 0.05) is 24.0 Å². The Labute approximate surface area is 53.2 Å². The van der Waals surface area contributed by atoms with Crippen molar-refractivity contribution in [1.82, 2.24) is 15.0 Å². The van der Waals surface area contributed by atoms with Gasteiger partial charge in [-0.05, 0) is 0 Å². The van der Waals surface area contributed by atoms with Crippen molar-refractivity contribution in [3.05, 3.63) is 24.9 Å². The molecule has 2 rings (SSSR count). The number of H-pyrrole nitrogens is 1. The van der Waals surface area contributed by atoms with E-state index in [4.69, 9.17) is 0 Å². The van der Waals surface area contributed by atoms with Gasteiger partial charge in [0.2, 0.25) is 0 Å². The van der Waals surface area contributed by atoms with Gasteiger partial charge in [0.05, 0.1) is 5.52 Å². The Morgan fingerprint density at radius 2 is 2.44 bits per heavy atom. The molecule has 0 bridgehead atoms. The van der Waals surface area contributed by atoms with Gasteiger partial charge in [0.15, 0.2) is 0 Å². The molecule has 2 heterocycles. The molecule has 0 aliphatic rings. The van der Waals surface area contributed by atoms with Crippen molar-refractivity contribution in [3.8, 4) is 0 Å². The van der Waals surface area contributed by atoms with E-state index in [9.17, 15) is 0 Å². The second-order valence-electron chi connectivity index (χ2n) is 1.82. The van der Waals surface area contributed by atoms with Gasteiger partial charge in [-0.25, -0.2) is 9.97 Å². The first-order valence-corrected chi connectivity index (χ1v) is 2.69. The van der Waals surface area contributed by atoms with E-state index in [2.05, 4.69) is 15.0 Å². The fourth-order valence-electron chi connectivity index (χ4n) is 0.792. The Bertz CT molecular complexity index is 287. The second-order valence-corrected chi connectivity index (χ2v) is 1.82. The number of nitrogens with one attached hydrogen (secondary N) is 1. The van der Waals surface area contributed by atoms with E-state index in [1.165, 1.54) is 6.33 Å². The molecule has 0 saturated heterocycles. The SMILES string of the molecule is [H+].c1ncc2c[nH]cc2n1. The number of aromatic amines is 1. The molecule has 0 atom stereocenters. The smallest absolute Gasteiger partial charge is 0.365 e. The van der Waals surface area contributed by atoms with Crippen LogP contribution in [0.15, 0.2) is 24.9 Å². The van der Waals surface area contributed by atoms with Crippen LogP contribution in [0.2, 0.25) is 0 Å². The molecule has 3 heteroatoms. The minimum Gasteiger partial charge on any atom is -0.365 e. The van der Waals surface area contributed by atoms with Crippen LogP contribution in [0.25, 0.3) is 10.9 Å². The molecule has 3 nitrogen and oxygen atoms in total. The Morgan fingerprint density at radius 1 is 1.44 bits per heavy atom. The van der Waals surface area contributed by atoms with Gasteiger partial charge in [-0.3, -0.25) is 0 Å². The van der Waals surface area contributed by atoms with Crippen molar-refractivity contribution in [2.24, 2.45) is 0 Å². The lowest BCUT2D eigenvalue weighted by atomic mass is 10.4. The molecule has 2 aromatic heterocycles. The summed E-state index contributed by atoms with van der Waals surface area (Å²) in [6, 6.07) is 0. The maximum Gasteiger partial charge on any atom is 1.00 e. The first-order valence-electron chi connectivity index (χ1n) is 2.69. The van der Waals surface area contributed by atoms with Crippen molar-refractivity contribution >= 4 is 10.9 Å². The largest absolute Gasteiger partial charge is 1.00 e. The van der Waals surface area contributed by atoms with Crippen LogP contribution in [-0.4, -0.2) is 15.0 Å². The Hall–Kier alpha value is -1.38. The molecule has 1 N–H and O–H groups in total. The quantitative estimate of drug-likeness (QED) is 0.565. The molecule has 0 unspecified atom stereocenters. The molecule has 0 aliphatic carbocycles. The summed E-state index contributed by atoms with van der Waals surface area (Å²) in [6.07, 6.45) is 7.03. The molecule has 0 amide bonds. The Morgan fingerprint density at radius 3 is 3.33 bits per heavy atom. The van der Waals surface area contributed by atoms with Gasteiger partial charge in [-0.1, -0.05) is 0 Å². The van der Waals surface area contributed by atoms with E-state index < -0.39 is 0 Å². The third kappa shape index (κ3) is 0.579. The van der Waals surface area contributed by atoms with E-state index in [1.54, 1.807) is 6.20 Å². The van der Waals surface area contributed by atoms with E-state index in [0.29, 0.717) is 0 Å². The van der Waals surface area contributed by atoms with Gasteiger partial charge in [0.1, 0.15) is 6.33 Å². The van der Waals surface area contributed by atoms with Crippen LogP contribution in [0.1, 0.15) is 1.43 Å². The summed E-state index contributed by atoms with van der Waals surface area (Å²) >= 11 is 0. The van der Waals surface area contributed by atoms with Crippen LogP contribution in [0.4, 0.5) is 0 Å². The average Bonchev–Trinajstić information content (AvgIpc) is 2.33. The van der Waals surface area contributed by atoms with Crippen LogP contribution < -0.4 is 0 Å². The number of hydrogen-bond donors (Lipinski definition) is 1. The second kappa shape index (κ2) is 1.55. The van der Waals surface area contributed by atoms with Gasteiger partial charge >= 0.3 is 1.43 Å². The zero-order valence-corrected chi connectivity index (χ0v) is 4.70. The maximum atomic E-state index is 4.00. The third-order valence-electron chi connectivity index (χ3n) is 1.23. The van der Waals surface area contributed by atoms with E-state index in [1.807, 2.05) is 12.4 Å². The predicted octanol–water partition coefficient (Wildman–Crippen LogP) is 1.07. The van der Waals surface area contributed by atoms with Crippen LogP contribution in [0.5, 0.6) is 0 Å². The summed E-state index contributed by atoms with van der Waals surface area (Å²) in [5.74, 6) is 0. The van der Waals surface area contributed by atoms with Gasteiger partial charge < -0.3 is 4.98 Å². The molecule has 0 saturated carbocycles. The number of fused-ring (bicyclic) bond motifs is 1. The fourth-order valence-corrected chi connectivity index (χ4v) is 0.792. The molecular formula is C6H6N3+. The molecule has 0 fully saturated rings. The van der Waals surface area contributed by atoms with Crippen molar-refractivity contribution in [2.75, 3.05) is 0 Å². The standard InChI is InChI=1S/C6H5N3/c1-5-2-8-4-9-6(5)3-7-1/h1-4,7H/p+1. The van der Waals surface area contributed by atoms with Gasteiger partial charge in [0.25, 0.3) is 0 Å². The number of aromatic nitrogens is 3. The predicted molar refractivity (Wildman–Crippen MR) is 35.0 cm³/mol. The van der Waals surface area contributed by atoms with Gasteiger partial charge in [-0.2, -0.15) is 0 Å². The van der Waals surface area contributed by atoms with E-state index >= 15 is 0 Å². The minimum absolute atomic E-state index is 0. The van der Waals surface area contributed by atoms with Crippen molar-refractivity contribution < 1.29 is 1.43 Å². The molecule has 0 aliphatic heterocycles. The normalized spacial score (nSPS) is 10.2. The summed E-state index contributed by atoms with van der Waals surface area (Å²) in [5.41, 5.74) is 0.963. The summed E-state index contributed by atoms with van der Waals surface area (Å²) in [7, 11) is 0. The molecule has 2 aromatic rings. The Balaban J connectivity index is 0.000000500. The monoisotopic (exact) mass is 120 g/mol. The summed E-state index contributed by atoms with van der Waals surface area (Å²) in [5, 5.41) is 1.05. The van der Waals surface area contributed by atoms with E-state index in [-0.39, 0.29) is 1.43 Å².